The molecule has 234 valence electrons. The van der Waals surface area contributed by atoms with E-state index < -0.39 is 30.0 Å². The van der Waals surface area contributed by atoms with Gasteiger partial charge in [-0.05, 0) is 75.4 Å². The first kappa shape index (κ1) is 33.0. The number of hydrogen-bond acceptors (Lipinski definition) is 5. The number of aromatic nitrogens is 3. The molecule has 0 saturated heterocycles. The van der Waals surface area contributed by atoms with E-state index in [1.54, 1.807) is 37.3 Å². The minimum absolute atomic E-state index is 0.0599. The Morgan fingerprint density at radius 2 is 2.02 bits per heavy atom. The van der Waals surface area contributed by atoms with Crippen molar-refractivity contribution in [2.75, 3.05) is 13.2 Å². The summed E-state index contributed by atoms with van der Waals surface area (Å²) < 4.78 is 44.3. The Morgan fingerprint density at radius 3 is 2.70 bits per heavy atom. The van der Waals surface area contributed by atoms with Crippen LogP contribution in [0.15, 0.2) is 60.0 Å². The third-order valence-electron chi connectivity index (χ3n) is 7.45. The predicted molar refractivity (Wildman–Crippen MR) is 170 cm³/mol. The first-order chi connectivity index (χ1) is 21.0. The molecular formula is C32H37ClF3N7O. The predicted octanol–water partition coefficient (Wildman–Crippen LogP) is 6.11. The fraction of sp³-hybridized carbons (Fsp3) is 0.344. The quantitative estimate of drug-likeness (QED) is 0.0655. The molecule has 0 bridgehead atoms. The summed E-state index contributed by atoms with van der Waals surface area (Å²) in [4.78, 5) is 20.0. The van der Waals surface area contributed by atoms with Gasteiger partial charge in [0.05, 0.1) is 22.2 Å². The Labute approximate surface area is 259 Å². The van der Waals surface area contributed by atoms with Crippen molar-refractivity contribution in [2.45, 2.75) is 57.7 Å². The van der Waals surface area contributed by atoms with Crippen LogP contribution in [-0.2, 0) is 6.42 Å². The smallest absolute Gasteiger partial charge is 0.354 e. The van der Waals surface area contributed by atoms with E-state index in [0.717, 1.165) is 5.56 Å². The maximum Gasteiger partial charge on any atom is 0.354 e. The maximum atomic E-state index is 15.3. The Bertz CT molecular complexity index is 1700. The van der Waals surface area contributed by atoms with Gasteiger partial charge in [0.25, 0.3) is 0 Å². The van der Waals surface area contributed by atoms with E-state index in [4.69, 9.17) is 22.7 Å². The number of aromatic amines is 1. The molecule has 0 spiro atoms. The van der Waals surface area contributed by atoms with E-state index in [0.29, 0.717) is 54.7 Å². The van der Waals surface area contributed by atoms with Gasteiger partial charge in [-0.15, -0.1) is 6.58 Å². The van der Waals surface area contributed by atoms with E-state index >= 15 is 8.78 Å². The van der Waals surface area contributed by atoms with E-state index in [1.165, 1.54) is 22.9 Å². The molecule has 0 aliphatic rings. The third-order valence-corrected chi connectivity index (χ3v) is 7.72. The van der Waals surface area contributed by atoms with Gasteiger partial charge in [-0.25, -0.2) is 18.0 Å². The summed E-state index contributed by atoms with van der Waals surface area (Å²) >= 11 is 6.19. The van der Waals surface area contributed by atoms with E-state index in [-0.39, 0.29) is 34.0 Å². The van der Waals surface area contributed by atoms with Crippen LogP contribution in [0.3, 0.4) is 0 Å². The van der Waals surface area contributed by atoms with Crippen LogP contribution < -0.4 is 22.1 Å². The molecule has 2 aromatic heterocycles. The van der Waals surface area contributed by atoms with E-state index in [9.17, 15) is 9.18 Å². The van der Waals surface area contributed by atoms with Gasteiger partial charge in [0, 0.05) is 47.4 Å². The summed E-state index contributed by atoms with van der Waals surface area (Å²) in [6.45, 7) is 7.32. The SMILES string of the molecule is C=C[C@@H](CCNC(C)=N)N[C@@H](C)c1ccc(-n2cc3cc(-c4cc(CCC[C@@H](N)CF)cc(Cl)c4F)[nH]c3nc2=O)cc1F. The summed E-state index contributed by atoms with van der Waals surface area (Å²) in [6, 6.07) is 8.38. The second kappa shape index (κ2) is 14.7. The highest BCUT2D eigenvalue weighted by Crippen LogP contribution is 2.31. The largest absolute Gasteiger partial charge is 0.374 e. The number of rotatable bonds is 14. The van der Waals surface area contributed by atoms with Crippen LogP contribution in [0.1, 0.15) is 50.3 Å². The zero-order valence-electron chi connectivity index (χ0n) is 24.7. The number of amidine groups is 1. The van der Waals surface area contributed by atoms with Crippen LogP contribution in [0, 0.1) is 17.0 Å². The molecule has 4 aromatic rings. The summed E-state index contributed by atoms with van der Waals surface area (Å²) in [7, 11) is 0. The minimum Gasteiger partial charge on any atom is -0.374 e. The lowest BCUT2D eigenvalue weighted by molar-refractivity contribution is 0.407. The van der Waals surface area contributed by atoms with Crippen molar-refractivity contribution in [3.8, 4) is 16.9 Å². The van der Waals surface area contributed by atoms with E-state index in [2.05, 4.69) is 27.2 Å². The number of fused-ring (bicyclic) bond motifs is 1. The normalized spacial score (nSPS) is 13.5. The second-order valence-corrected chi connectivity index (χ2v) is 11.3. The molecule has 0 fully saturated rings. The summed E-state index contributed by atoms with van der Waals surface area (Å²) in [5.74, 6) is -0.754. The highest BCUT2D eigenvalue weighted by atomic mass is 35.5. The topological polar surface area (TPSA) is 125 Å². The van der Waals surface area contributed by atoms with Gasteiger partial charge in [-0.2, -0.15) is 4.98 Å². The lowest BCUT2D eigenvalue weighted by atomic mass is 10.0. The molecule has 6 N–H and O–H groups in total. The molecule has 0 radical (unpaired) electrons. The van der Waals surface area contributed by atoms with Gasteiger partial charge in [0.2, 0.25) is 0 Å². The number of hydrogen-bond donors (Lipinski definition) is 5. The molecule has 0 amide bonds. The molecule has 4 rings (SSSR count). The van der Waals surface area contributed by atoms with Gasteiger partial charge in [-0.3, -0.25) is 9.98 Å². The Kier molecular flexibility index (Phi) is 11.0. The van der Waals surface area contributed by atoms with Crippen LogP contribution >= 0.6 is 11.6 Å². The number of nitrogens with one attached hydrogen (secondary N) is 4. The lowest BCUT2D eigenvalue weighted by Gasteiger charge is -2.22. The standard InChI is InChI=1S/C32H37ClF3N7O/c1-4-23(10-11-39-19(3)37)40-18(2)25-9-8-24(15-28(25)35)43-17-21-14-29(41-31(21)42-32(43)44)26-12-20(13-27(33)30(26)36)6-5-7-22(38)16-34/h4,8-9,12-15,17-18,22-23,40H,1,5-7,10-11,16,38H2,2-3H3,(H2,37,39)(H,41,42,44)/t18-,22+,23-/m0/s1. The average Bonchev–Trinajstić information content (AvgIpc) is 3.39. The van der Waals surface area contributed by atoms with Gasteiger partial charge in [-0.1, -0.05) is 23.7 Å². The lowest BCUT2D eigenvalue weighted by Crippen LogP contribution is -2.34. The number of alkyl halides is 1. The van der Waals surface area contributed by atoms with Crippen LogP contribution in [0.25, 0.3) is 28.0 Å². The van der Waals surface area contributed by atoms with Crippen molar-refractivity contribution in [2.24, 2.45) is 5.73 Å². The van der Waals surface area contributed by atoms with Gasteiger partial charge in [0.15, 0.2) is 5.82 Å². The van der Waals surface area contributed by atoms with Crippen molar-refractivity contribution < 1.29 is 13.2 Å². The van der Waals surface area contributed by atoms with Crippen molar-refractivity contribution in [3.63, 3.8) is 0 Å². The third kappa shape index (κ3) is 7.96. The van der Waals surface area contributed by atoms with Crippen molar-refractivity contribution >= 4 is 28.5 Å². The van der Waals surface area contributed by atoms with Crippen molar-refractivity contribution in [3.05, 3.63) is 93.5 Å². The van der Waals surface area contributed by atoms with E-state index in [1.807, 2.05) is 6.92 Å². The van der Waals surface area contributed by atoms with Gasteiger partial charge in [0.1, 0.15) is 18.1 Å². The molecule has 2 aromatic carbocycles. The molecule has 3 atom stereocenters. The molecule has 0 unspecified atom stereocenters. The average molecular weight is 628 g/mol. The first-order valence-corrected chi connectivity index (χ1v) is 14.8. The van der Waals surface area contributed by atoms with Crippen molar-refractivity contribution in [1.82, 2.24) is 25.2 Å². The molecular weight excluding hydrogens is 591 g/mol. The number of benzene rings is 2. The Morgan fingerprint density at radius 1 is 1.25 bits per heavy atom. The molecule has 0 saturated carbocycles. The zero-order valence-corrected chi connectivity index (χ0v) is 25.4. The fourth-order valence-corrected chi connectivity index (χ4v) is 5.31. The Balaban J connectivity index is 1.57. The molecule has 2 heterocycles. The molecule has 8 nitrogen and oxygen atoms in total. The maximum absolute atomic E-state index is 15.3. The van der Waals surface area contributed by atoms with Gasteiger partial charge >= 0.3 is 5.69 Å². The fourth-order valence-electron chi connectivity index (χ4n) is 5.07. The highest BCUT2D eigenvalue weighted by Gasteiger charge is 2.18. The molecule has 0 aliphatic heterocycles. The molecule has 44 heavy (non-hydrogen) atoms. The number of nitrogens with zero attached hydrogens (tertiary/aromatic N) is 2. The summed E-state index contributed by atoms with van der Waals surface area (Å²) in [6.07, 6.45) is 5.57. The monoisotopic (exact) mass is 627 g/mol. The summed E-state index contributed by atoms with van der Waals surface area (Å²) in [5, 5.41) is 14.2. The minimum atomic E-state index is -0.638. The number of H-pyrrole nitrogens is 1. The van der Waals surface area contributed by atoms with Crippen LogP contribution in [0.5, 0.6) is 0 Å². The van der Waals surface area contributed by atoms with Crippen LogP contribution in [-0.4, -0.2) is 45.7 Å². The zero-order chi connectivity index (χ0) is 32.0. The number of aryl methyl sites for hydroxylation is 1. The second-order valence-electron chi connectivity index (χ2n) is 10.9. The highest BCUT2D eigenvalue weighted by molar-refractivity contribution is 6.31. The Hall–Kier alpha value is -3.93. The number of nitrogens with two attached hydrogens (primary N) is 1. The summed E-state index contributed by atoms with van der Waals surface area (Å²) in [5.41, 5.74) is 7.31. The van der Waals surface area contributed by atoms with Crippen LogP contribution in [0.4, 0.5) is 13.2 Å². The number of halogens is 4. The van der Waals surface area contributed by atoms with Gasteiger partial charge < -0.3 is 21.4 Å². The van der Waals surface area contributed by atoms with Crippen molar-refractivity contribution in [1.29, 1.82) is 5.41 Å². The van der Waals surface area contributed by atoms with Crippen LogP contribution in [0.2, 0.25) is 5.02 Å². The molecule has 12 heteroatoms. The molecule has 0 aliphatic carbocycles. The first-order valence-electron chi connectivity index (χ1n) is 14.4.